The van der Waals surface area contributed by atoms with Gasteiger partial charge in [0, 0.05) is 70.2 Å². The lowest BCUT2D eigenvalue weighted by Crippen LogP contribution is -2.00. The zero-order chi connectivity index (χ0) is 37.5. The van der Waals surface area contributed by atoms with E-state index in [0.717, 1.165) is 60.0 Å². The maximum Gasteiger partial charge on any atom is 0.165 e. The first-order valence-electron chi connectivity index (χ1n) is 19.0. The Kier molecular flexibility index (Phi) is 7.03. The molecule has 0 aliphatic heterocycles. The van der Waals surface area contributed by atoms with Gasteiger partial charge in [-0.3, -0.25) is 0 Å². The number of aromatic nitrogens is 4. The van der Waals surface area contributed by atoms with Gasteiger partial charge in [-0.25, -0.2) is 15.0 Å². The van der Waals surface area contributed by atoms with Crippen molar-refractivity contribution in [2.24, 2.45) is 0 Å². The molecule has 0 aliphatic carbocycles. The summed E-state index contributed by atoms with van der Waals surface area (Å²) < 4.78 is 11.4. The number of fused-ring (bicyclic) bond motifs is 9. The van der Waals surface area contributed by atoms with Gasteiger partial charge in [0.2, 0.25) is 0 Å². The number of hydrogen-bond donors (Lipinski definition) is 0. The third kappa shape index (κ3) is 4.98. The molecular formula is C51H30N4OS. The quantitative estimate of drug-likeness (QED) is 0.176. The molecule has 6 heteroatoms. The van der Waals surface area contributed by atoms with E-state index in [2.05, 4.69) is 156 Å². The van der Waals surface area contributed by atoms with Crippen LogP contribution >= 0.6 is 11.3 Å². The Hall–Kier alpha value is -7.41. The van der Waals surface area contributed by atoms with Crippen molar-refractivity contribution in [1.82, 2.24) is 19.5 Å². The van der Waals surface area contributed by atoms with Crippen molar-refractivity contribution in [3.05, 3.63) is 182 Å². The highest BCUT2D eigenvalue weighted by Gasteiger charge is 2.21. The molecule has 0 amide bonds. The first-order valence-corrected chi connectivity index (χ1v) is 19.8. The third-order valence-corrected chi connectivity index (χ3v) is 12.3. The normalized spacial score (nSPS) is 11.9. The molecule has 0 saturated carbocycles. The van der Waals surface area contributed by atoms with Gasteiger partial charge in [-0.05, 0) is 53.6 Å². The molecule has 12 aromatic rings. The van der Waals surface area contributed by atoms with Crippen molar-refractivity contribution in [2.45, 2.75) is 0 Å². The second-order valence-electron chi connectivity index (χ2n) is 14.3. The smallest absolute Gasteiger partial charge is 0.165 e. The minimum absolute atomic E-state index is 0.599. The largest absolute Gasteiger partial charge is 0.456 e. The highest BCUT2D eigenvalue weighted by atomic mass is 32.1. The molecule has 0 fully saturated rings. The number of nitrogens with zero attached hydrogens (tertiary/aromatic N) is 4. The van der Waals surface area contributed by atoms with Gasteiger partial charge in [-0.15, -0.1) is 11.3 Å². The number of hydrogen-bond acceptors (Lipinski definition) is 5. The number of benzene rings is 8. The summed E-state index contributed by atoms with van der Waals surface area (Å²) in [4.78, 5) is 15.7. The van der Waals surface area contributed by atoms with Crippen LogP contribution in [0.25, 0.3) is 115 Å². The minimum atomic E-state index is 0.599. The van der Waals surface area contributed by atoms with Crippen LogP contribution in [-0.4, -0.2) is 19.5 Å². The highest BCUT2D eigenvalue weighted by Crippen LogP contribution is 2.44. The molecule has 4 aromatic heterocycles. The summed E-state index contributed by atoms with van der Waals surface area (Å²) in [6, 6.07) is 63.6. The van der Waals surface area contributed by atoms with Crippen LogP contribution in [0.4, 0.5) is 0 Å². The summed E-state index contributed by atoms with van der Waals surface area (Å²) in [6.07, 6.45) is 0. The Morgan fingerprint density at radius 2 is 1.00 bits per heavy atom. The molecule has 0 bridgehead atoms. The summed E-state index contributed by atoms with van der Waals surface area (Å²) in [5, 5.41) is 6.87. The Morgan fingerprint density at radius 1 is 0.404 bits per heavy atom. The molecule has 0 unspecified atom stereocenters. The van der Waals surface area contributed by atoms with Crippen molar-refractivity contribution < 1.29 is 4.42 Å². The van der Waals surface area contributed by atoms with Crippen molar-refractivity contribution in [3.8, 4) is 51.0 Å². The molecular weight excluding hydrogens is 717 g/mol. The first-order chi connectivity index (χ1) is 28.3. The van der Waals surface area contributed by atoms with E-state index in [-0.39, 0.29) is 0 Å². The van der Waals surface area contributed by atoms with Crippen LogP contribution in [0.15, 0.2) is 186 Å². The average molecular weight is 747 g/mol. The lowest BCUT2D eigenvalue weighted by molar-refractivity contribution is 0.668. The second kappa shape index (κ2) is 12.6. The molecule has 0 atom stereocenters. The lowest BCUT2D eigenvalue weighted by Gasteiger charge is -2.10. The lowest BCUT2D eigenvalue weighted by atomic mass is 9.99. The topological polar surface area (TPSA) is 56.7 Å². The van der Waals surface area contributed by atoms with E-state index in [4.69, 9.17) is 19.4 Å². The van der Waals surface area contributed by atoms with E-state index < -0.39 is 0 Å². The van der Waals surface area contributed by atoms with Crippen molar-refractivity contribution in [3.63, 3.8) is 0 Å². The van der Waals surface area contributed by atoms with E-state index in [1.54, 1.807) is 11.3 Å². The van der Waals surface area contributed by atoms with E-state index in [9.17, 15) is 0 Å². The van der Waals surface area contributed by atoms with Gasteiger partial charge < -0.3 is 8.98 Å². The van der Waals surface area contributed by atoms with Crippen LogP contribution in [0, 0.1) is 0 Å². The first kappa shape index (κ1) is 31.9. The standard InChI is InChI=1S/C51H30N4OS/c1-3-14-31(15-4-1)34-20-13-27-45-47(34)38-21-11-23-40(48(38)57-45)51-53-49(32-16-5-2-6-17-32)52-50(54-51)39-22-12-26-43-46(39)37-29-28-33(30-44(37)56-43)55-41-24-9-7-18-35(41)36-19-8-10-25-42(36)55/h1-30H. The molecule has 266 valence electrons. The van der Waals surface area contributed by atoms with Crippen LogP contribution in [0.1, 0.15) is 0 Å². The van der Waals surface area contributed by atoms with Gasteiger partial charge >= 0.3 is 0 Å². The maximum atomic E-state index is 6.66. The molecule has 0 aliphatic rings. The van der Waals surface area contributed by atoms with Gasteiger partial charge in [0.1, 0.15) is 11.2 Å². The van der Waals surface area contributed by atoms with Crippen molar-refractivity contribution in [2.75, 3.05) is 0 Å². The molecule has 5 nitrogen and oxygen atoms in total. The van der Waals surface area contributed by atoms with E-state index in [1.165, 1.54) is 37.4 Å². The molecule has 57 heavy (non-hydrogen) atoms. The fourth-order valence-corrected chi connectivity index (χ4v) is 9.79. The second-order valence-corrected chi connectivity index (χ2v) is 15.4. The monoisotopic (exact) mass is 746 g/mol. The maximum absolute atomic E-state index is 6.66. The average Bonchev–Trinajstić information content (AvgIpc) is 3.96. The van der Waals surface area contributed by atoms with Gasteiger partial charge in [0.25, 0.3) is 0 Å². The van der Waals surface area contributed by atoms with Crippen LogP contribution in [0.5, 0.6) is 0 Å². The van der Waals surface area contributed by atoms with E-state index >= 15 is 0 Å². The van der Waals surface area contributed by atoms with E-state index in [1.807, 2.05) is 30.3 Å². The Balaban J connectivity index is 1.07. The molecule has 0 saturated heterocycles. The zero-order valence-electron chi connectivity index (χ0n) is 30.4. The predicted molar refractivity (Wildman–Crippen MR) is 236 cm³/mol. The molecule has 0 N–H and O–H groups in total. The van der Waals surface area contributed by atoms with Crippen LogP contribution in [0.3, 0.4) is 0 Å². The fraction of sp³-hybridized carbons (Fsp3) is 0. The SMILES string of the molecule is c1ccc(-c2nc(-c3cccc4c3sc3cccc(-c5ccccc5)c34)nc(-c3cccc4oc5cc(-n6c7ccccc7c7ccccc76)ccc5c34)n2)cc1. The number of thiophene rings is 1. The number of para-hydroxylation sites is 2. The van der Waals surface area contributed by atoms with Gasteiger partial charge in [0.15, 0.2) is 17.5 Å². The fourth-order valence-electron chi connectivity index (χ4n) is 8.56. The van der Waals surface area contributed by atoms with Crippen LogP contribution in [-0.2, 0) is 0 Å². The number of rotatable bonds is 5. The van der Waals surface area contributed by atoms with Crippen LogP contribution in [0.2, 0.25) is 0 Å². The summed E-state index contributed by atoms with van der Waals surface area (Å²) >= 11 is 1.78. The predicted octanol–water partition coefficient (Wildman–Crippen LogP) is 13.9. The summed E-state index contributed by atoms with van der Waals surface area (Å²) in [6.45, 7) is 0. The van der Waals surface area contributed by atoms with E-state index in [0.29, 0.717) is 17.5 Å². The Bertz CT molecular complexity index is 3470. The summed E-state index contributed by atoms with van der Waals surface area (Å²) in [7, 11) is 0. The number of furan rings is 1. The Labute approximate surface area is 330 Å². The molecule has 0 radical (unpaired) electrons. The van der Waals surface area contributed by atoms with Gasteiger partial charge in [-0.2, -0.15) is 0 Å². The van der Waals surface area contributed by atoms with Gasteiger partial charge in [-0.1, -0.05) is 133 Å². The molecule has 8 aromatic carbocycles. The summed E-state index contributed by atoms with van der Waals surface area (Å²) in [5.74, 6) is 1.86. The Morgan fingerprint density at radius 3 is 1.77 bits per heavy atom. The molecule has 4 heterocycles. The highest BCUT2D eigenvalue weighted by molar-refractivity contribution is 7.26. The van der Waals surface area contributed by atoms with Crippen molar-refractivity contribution in [1.29, 1.82) is 0 Å². The van der Waals surface area contributed by atoms with Crippen molar-refractivity contribution >= 4 is 75.3 Å². The molecule has 12 rings (SSSR count). The minimum Gasteiger partial charge on any atom is -0.456 e. The summed E-state index contributed by atoms with van der Waals surface area (Å²) in [5.41, 5.74) is 10.2. The van der Waals surface area contributed by atoms with Gasteiger partial charge in [0.05, 0.1) is 11.0 Å². The van der Waals surface area contributed by atoms with Crippen LogP contribution < -0.4 is 0 Å². The zero-order valence-corrected chi connectivity index (χ0v) is 31.2. The third-order valence-electron chi connectivity index (χ3n) is 11.1. The molecule has 0 spiro atoms.